The SMILES string of the molecule is O=C(O)CCC(NC(=O)CC1OC(COP(=O)(O)O)C(OCc2ccccc2)C(OCc2ccccc2)C1OCc1ccccc1)C(=O)O. The number of carbonyl (C=O) groups excluding carboxylic acids is 1. The van der Waals surface area contributed by atoms with Gasteiger partial charge in [0.05, 0.1) is 39.0 Å². The highest BCUT2D eigenvalue weighted by molar-refractivity contribution is 7.46. The van der Waals surface area contributed by atoms with Gasteiger partial charge >= 0.3 is 19.8 Å². The Bertz CT molecular complexity index is 1520. The summed E-state index contributed by atoms with van der Waals surface area (Å²) in [4.78, 5) is 55.3. The number of hydrogen-bond donors (Lipinski definition) is 5. The van der Waals surface area contributed by atoms with Gasteiger partial charge in [0.25, 0.3) is 0 Å². The molecular formula is C34H40NO13P. The fourth-order valence-corrected chi connectivity index (χ4v) is 5.65. The first-order chi connectivity index (χ1) is 23.5. The van der Waals surface area contributed by atoms with Crippen molar-refractivity contribution in [2.75, 3.05) is 6.61 Å². The summed E-state index contributed by atoms with van der Waals surface area (Å²) in [6, 6.07) is 26.1. The molecule has 3 aromatic rings. The summed E-state index contributed by atoms with van der Waals surface area (Å²) in [5.74, 6) is -3.42. The van der Waals surface area contributed by atoms with Crippen LogP contribution in [0.15, 0.2) is 91.0 Å². The van der Waals surface area contributed by atoms with Gasteiger partial charge in [0.15, 0.2) is 0 Å². The van der Waals surface area contributed by atoms with Gasteiger partial charge in [0.2, 0.25) is 5.91 Å². The smallest absolute Gasteiger partial charge is 0.469 e. The van der Waals surface area contributed by atoms with Crippen molar-refractivity contribution in [2.45, 2.75) is 75.6 Å². The Kier molecular flexibility index (Phi) is 14.4. The number of hydrogen-bond acceptors (Lipinski definition) is 9. The number of carboxylic acid groups (broad SMARTS) is 2. The second-order valence-corrected chi connectivity index (χ2v) is 12.6. The topological polar surface area (TPSA) is 207 Å². The van der Waals surface area contributed by atoms with Gasteiger partial charge in [0.1, 0.15) is 30.5 Å². The van der Waals surface area contributed by atoms with Crippen LogP contribution in [0.4, 0.5) is 0 Å². The monoisotopic (exact) mass is 701 g/mol. The molecule has 1 fully saturated rings. The van der Waals surface area contributed by atoms with Crippen molar-refractivity contribution in [3.8, 4) is 0 Å². The lowest BCUT2D eigenvalue weighted by Crippen LogP contribution is -2.62. The molecule has 0 saturated carbocycles. The van der Waals surface area contributed by atoms with Gasteiger partial charge in [-0.05, 0) is 23.1 Å². The molecule has 1 amide bonds. The summed E-state index contributed by atoms with van der Waals surface area (Å²) in [6.07, 6.45) is -6.70. The average molecular weight is 702 g/mol. The van der Waals surface area contributed by atoms with E-state index in [4.69, 9.17) is 28.6 Å². The maximum absolute atomic E-state index is 13.3. The molecular weight excluding hydrogens is 661 g/mol. The highest BCUT2D eigenvalue weighted by Crippen LogP contribution is 2.39. The first-order valence-corrected chi connectivity index (χ1v) is 17.1. The molecule has 1 aliphatic heterocycles. The van der Waals surface area contributed by atoms with E-state index in [9.17, 15) is 33.8 Å². The molecule has 3 aromatic carbocycles. The minimum Gasteiger partial charge on any atom is -0.481 e. The Morgan fingerprint density at radius 1 is 0.714 bits per heavy atom. The lowest BCUT2D eigenvalue weighted by molar-refractivity contribution is -0.269. The van der Waals surface area contributed by atoms with Gasteiger partial charge in [-0.1, -0.05) is 91.0 Å². The van der Waals surface area contributed by atoms with Gasteiger partial charge < -0.3 is 44.3 Å². The van der Waals surface area contributed by atoms with Crippen molar-refractivity contribution in [3.05, 3.63) is 108 Å². The number of rotatable bonds is 19. The standard InChI is InChI=1S/C34H40NO13P/c36-29(35-26(34(39)40)16-17-30(37)38)18-27-31(44-19-23-10-4-1-5-11-23)33(46-21-25-14-8-3-9-15-25)32(28(48-27)22-47-49(41,42)43)45-20-24-12-6-2-7-13-24/h1-15,26-28,31-33H,16-22H2,(H,35,36)(H,37,38)(H,39,40)(H2,41,42,43). The largest absolute Gasteiger partial charge is 0.481 e. The van der Waals surface area contributed by atoms with Crippen molar-refractivity contribution in [1.82, 2.24) is 5.32 Å². The number of carbonyl (C=O) groups is 3. The van der Waals surface area contributed by atoms with E-state index in [-0.39, 0.29) is 26.2 Å². The second-order valence-electron chi connectivity index (χ2n) is 11.4. The zero-order chi connectivity index (χ0) is 35.2. The van der Waals surface area contributed by atoms with Gasteiger partial charge in [0, 0.05) is 6.42 Å². The summed E-state index contributed by atoms with van der Waals surface area (Å²) >= 11 is 0. The second kappa shape index (κ2) is 18.7. The van der Waals surface area contributed by atoms with Crippen LogP contribution in [-0.2, 0) is 62.2 Å². The van der Waals surface area contributed by atoms with E-state index >= 15 is 0 Å². The number of phosphoric ester groups is 1. The third-order valence-corrected chi connectivity index (χ3v) is 8.15. The van der Waals surface area contributed by atoms with E-state index in [0.29, 0.717) is 0 Å². The Balaban J connectivity index is 1.68. The van der Waals surface area contributed by atoms with Crippen molar-refractivity contribution in [1.29, 1.82) is 0 Å². The summed E-state index contributed by atoms with van der Waals surface area (Å²) in [6.45, 7) is -0.450. The van der Waals surface area contributed by atoms with Gasteiger partial charge in [-0.15, -0.1) is 0 Å². The van der Waals surface area contributed by atoms with Crippen LogP contribution in [0.3, 0.4) is 0 Å². The summed E-state index contributed by atoms with van der Waals surface area (Å²) in [7, 11) is -4.98. The number of phosphoric acid groups is 1. The van der Waals surface area contributed by atoms with Crippen molar-refractivity contribution in [3.63, 3.8) is 0 Å². The molecule has 1 saturated heterocycles. The molecule has 0 spiro atoms. The normalized spacial score (nSPS) is 21.5. The van der Waals surface area contributed by atoms with Crippen LogP contribution in [0.1, 0.15) is 36.0 Å². The molecule has 264 valence electrons. The molecule has 0 bridgehead atoms. The number of amides is 1. The molecule has 5 N–H and O–H groups in total. The average Bonchev–Trinajstić information content (AvgIpc) is 3.07. The van der Waals surface area contributed by atoms with Crippen LogP contribution in [0.2, 0.25) is 0 Å². The van der Waals surface area contributed by atoms with Crippen LogP contribution in [0.25, 0.3) is 0 Å². The van der Waals surface area contributed by atoms with E-state index in [1.54, 1.807) is 0 Å². The summed E-state index contributed by atoms with van der Waals surface area (Å²) in [5, 5.41) is 21.0. The fourth-order valence-electron chi connectivity index (χ4n) is 5.31. The summed E-state index contributed by atoms with van der Waals surface area (Å²) in [5.41, 5.74) is 2.39. The maximum atomic E-state index is 13.3. The number of aliphatic carboxylic acids is 2. The van der Waals surface area contributed by atoms with Crippen molar-refractivity contribution < 1.29 is 62.4 Å². The zero-order valence-corrected chi connectivity index (χ0v) is 27.4. The molecule has 4 rings (SSSR count). The van der Waals surface area contributed by atoms with Gasteiger partial charge in [-0.2, -0.15) is 0 Å². The van der Waals surface area contributed by atoms with Gasteiger partial charge in [-0.3, -0.25) is 14.1 Å². The molecule has 0 aromatic heterocycles. The molecule has 1 aliphatic rings. The minimum absolute atomic E-state index is 0.0591. The Hall–Kier alpha value is -3.98. The molecule has 0 aliphatic carbocycles. The fraction of sp³-hybridized carbons (Fsp3) is 0.382. The predicted molar refractivity (Wildman–Crippen MR) is 173 cm³/mol. The van der Waals surface area contributed by atoms with Crippen LogP contribution in [0, 0.1) is 0 Å². The van der Waals surface area contributed by atoms with E-state index in [1.165, 1.54) is 0 Å². The molecule has 1 heterocycles. The summed E-state index contributed by atoms with van der Waals surface area (Å²) < 4.78 is 42.1. The first-order valence-electron chi connectivity index (χ1n) is 15.5. The number of benzene rings is 3. The highest BCUT2D eigenvalue weighted by atomic mass is 31.2. The number of nitrogens with one attached hydrogen (secondary N) is 1. The van der Waals surface area contributed by atoms with E-state index in [2.05, 4.69) is 5.32 Å². The lowest BCUT2D eigenvalue weighted by atomic mass is 9.92. The molecule has 15 heteroatoms. The minimum atomic E-state index is -4.98. The Morgan fingerprint density at radius 3 is 1.59 bits per heavy atom. The third kappa shape index (κ3) is 12.8. The maximum Gasteiger partial charge on any atom is 0.469 e. The molecule has 6 unspecified atom stereocenters. The Morgan fingerprint density at radius 2 is 1.16 bits per heavy atom. The third-order valence-electron chi connectivity index (χ3n) is 7.66. The lowest BCUT2D eigenvalue weighted by Gasteiger charge is -2.46. The van der Waals surface area contributed by atoms with E-state index in [1.807, 2.05) is 91.0 Å². The first kappa shape index (κ1) is 37.8. The van der Waals surface area contributed by atoms with Crippen molar-refractivity contribution in [2.24, 2.45) is 0 Å². The Labute approximate surface area is 283 Å². The number of carboxylic acids is 2. The van der Waals surface area contributed by atoms with Crippen LogP contribution < -0.4 is 5.32 Å². The van der Waals surface area contributed by atoms with E-state index in [0.717, 1.165) is 16.7 Å². The molecule has 6 atom stereocenters. The molecule has 14 nitrogen and oxygen atoms in total. The highest BCUT2D eigenvalue weighted by Gasteiger charge is 2.49. The molecule has 0 radical (unpaired) electrons. The predicted octanol–water partition coefficient (Wildman–Crippen LogP) is 3.44. The van der Waals surface area contributed by atoms with Crippen LogP contribution in [-0.4, -0.2) is 81.0 Å². The quantitative estimate of drug-likeness (QED) is 0.114. The van der Waals surface area contributed by atoms with Gasteiger partial charge in [-0.25, -0.2) is 9.36 Å². The zero-order valence-electron chi connectivity index (χ0n) is 26.5. The van der Waals surface area contributed by atoms with E-state index < -0.39 is 81.7 Å². The van der Waals surface area contributed by atoms with Crippen LogP contribution in [0.5, 0.6) is 0 Å². The molecule has 49 heavy (non-hydrogen) atoms. The van der Waals surface area contributed by atoms with Crippen LogP contribution >= 0.6 is 7.82 Å². The van der Waals surface area contributed by atoms with Crippen molar-refractivity contribution >= 4 is 25.7 Å². The number of ether oxygens (including phenoxy) is 4.